The molecule has 0 aliphatic carbocycles. The number of ether oxygens (including phenoxy) is 1. The molecule has 0 unspecified atom stereocenters. The molecule has 1 amide bonds. The lowest BCUT2D eigenvalue weighted by Crippen LogP contribution is -2.68. The number of hydrogen-bond donors (Lipinski definition) is 2. The van der Waals surface area contributed by atoms with Crippen LogP contribution in [0.1, 0.15) is 39.0 Å². The summed E-state index contributed by atoms with van der Waals surface area (Å²) in [7, 11) is 1.53. The molecule has 34 heavy (non-hydrogen) atoms. The van der Waals surface area contributed by atoms with Gasteiger partial charge in [-0.05, 0) is 58.4 Å². The number of nitrogens with one attached hydrogen (secondary N) is 1. The number of carbonyl (C=O) groups is 1. The number of halogens is 1. The van der Waals surface area contributed by atoms with Crippen LogP contribution in [0.2, 0.25) is 0 Å². The van der Waals surface area contributed by atoms with Crippen molar-refractivity contribution in [2.45, 2.75) is 52.2 Å². The molecule has 1 aliphatic heterocycles. The van der Waals surface area contributed by atoms with Gasteiger partial charge in [0, 0.05) is 49.3 Å². The van der Waals surface area contributed by atoms with Gasteiger partial charge in [0.05, 0.1) is 16.9 Å². The lowest BCUT2D eigenvalue weighted by atomic mass is 9.88. The Hall–Kier alpha value is -3.04. The molecule has 0 saturated carbocycles. The number of H-pyrrole nitrogens is 1. The quantitative estimate of drug-likeness (QED) is 0.593. The van der Waals surface area contributed by atoms with E-state index < -0.39 is 11.4 Å². The number of fused-ring (bicyclic) bond motifs is 1. The van der Waals surface area contributed by atoms with Crippen molar-refractivity contribution in [2.75, 3.05) is 26.8 Å². The second kappa shape index (κ2) is 8.63. The van der Waals surface area contributed by atoms with Gasteiger partial charge in [0.15, 0.2) is 5.65 Å². The molecule has 2 N–H and O–H groups in total. The molecule has 3 heterocycles. The van der Waals surface area contributed by atoms with E-state index in [2.05, 4.69) is 47.8 Å². The summed E-state index contributed by atoms with van der Waals surface area (Å²) in [4.78, 5) is 21.6. The number of aryl methyl sites for hydroxylation is 1. The number of rotatable bonds is 5. The average Bonchev–Trinajstić information content (AvgIpc) is 3.11. The van der Waals surface area contributed by atoms with E-state index in [1.54, 1.807) is 0 Å². The number of aromatic amines is 1. The first-order valence-electron chi connectivity index (χ1n) is 11.3. The van der Waals surface area contributed by atoms with Crippen LogP contribution in [0.5, 0.6) is 5.75 Å². The Morgan fingerprint density at radius 3 is 2.62 bits per heavy atom. The predicted molar refractivity (Wildman–Crippen MR) is 128 cm³/mol. The van der Waals surface area contributed by atoms with E-state index in [-0.39, 0.29) is 23.8 Å². The number of methoxy groups -OCH3 is 1. The zero-order chi connectivity index (χ0) is 24.8. The Morgan fingerprint density at radius 2 is 1.94 bits per heavy atom. The van der Waals surface area contributed by atoms with Crippen LogP contribution >= 0.6 is 0 Å². The van der Waals surface area contributed by atoms with Crippen molar-refractivity contribution in [3.05, 3.63) is 41.3 Å². The molecular formula is C25H32FN5O3. The summed E-state index contributed by atoms with van der Waals surface area (Å²) >= 11 is 0. The maximum absolute atomic E-state index is 14.7. The average molecular weight is 470 g/mol. The molecule has 0 radical (unpaired) electrons. The zero-order valence-electron chi connectivity index (χ0n) is 20.6. The van der Waals surface area contributed by atoms with Crippen LogP contribution in [0.15, 0.2) is 24.3 Å². The molecular weight excluding hydrogens is 437 g/mol. The molecule has 1 saturated heterocycles. The van der Waals surface area contributed by atoms with Crippen molar-refractivity contribution in [1.29, 1.82) is 0 Å². The van der Waals surface area contributed by atoms with Crippen molar-refractivity contribution >= 4 is 16.9 Å². The highest BCUT2D eigenvalue weighted by Gasteiger charge is 2.45. The number of nitrogens with zero attached hydrogens (tertiary/aromatic N) is 4. The number of piperazine rings is 1. The predicted octanol–water partition coefficient (Wildman–Crippen LogP) is 3.63. The summed E-state index contributed by atoms with van der Waals surface area (Å²) in [6.07, 6.45) is 0. The third kappa shape index (κ3) is 4.37. The number of hydrogen-bond acceptors (Lipinski definition) is 6. The standard InChI is InChI=1S/C25H32FN5O3/c1-15-22-16(9-20(27-23(22)29-28-15)18-8-7-17(32)10-19(18)26)11-30-13-25(4,5)31(14-24(30,2)3)21(33)12-34-6/h7-10,32H,11-14H2,1-6H3,(H,27,28,29). The molecule has 0 bridgehead atoms. The van der Waals surface area contributed by atoms with E-state index in [1.165, 1.54) is 19.2 Å². The smallest absolute Gasteiger partial charge is 0.249 e. The number of aromatic nitrogens is 3. The van der Waals surface area contributed by atoms with Crippen LogP contribution in [0, 0.1) is 12.7 Å². The molecule has 182 valence electrons. The SMILES string of the molecule is COCC(=O)N1CC(C)(C)N(Cc2cc(-c3ccc(O)cc3F)nc3[nH]nc(C)c23)CC1(C)C. The number of pyridine rings is 1. The van der Waals surface area contributed by atoms with Gasteiger partial charge in [0.1, 0.15) is 18.2 Å². The molecule has 0 atom stereocenters. The largest absolute Gasteiger partial charge is 0.508 e. The molecule has 0 spiro atoms. The first kappa shape index (κ1) is 24.1. The fourth-order valence-corrected chi connectivity index (χ4v) is 4.82. The van der Waals surface area contributed by atoms with E-state index in [1.807, 2.05) is 17.9 Å². The van der Waals surface area contributed by atoms with E-state index in [0.29, 0.717) is 36.5 Å². The van der Waals surface area contributed by atoms with Crippen LogP contribution in [0.25, 0.3) is 22.3 Å². The third-order valence-corrected chi connectivity index (χ3v) is 6.66. The monoisotopic (exact) mass is 469 g/mol. The highest BCUT2D eigenvalue weighted by molar-refractivity contribution is 5.84. The van der Waals surface area contributed by atoms with Crippen LogP contribution in [0.3, 0.4) is 0 Å². The van der Waals surface area contributed by atoms with Gasteiger partial charge in [-0.2, -0.15) is 5.10 Å². The van der Waals surface area contributed by atoms with E-state index in [9.17, 15) is 14.3 Å². The number of phenolic OH excluding ortho intramolecular Hbond substituents is 1. The van der Waals surface area contributed by atoms with Crippen LogP contribution in [0.4, 0.5) is 4.39 Å². The Balaban J connectivity index is 1.74. The number of aromatic hydroxyl groups is 1. The molecule has 1 aromatic carbocycles. The highest BCUT2D eigenvalue weighted by Crippen LogP contribution is 2.35. The zero-order valence-corrected chi connectivity index (χ0v) is 20.6. The first-order valence-corrected chi connectivity index (χ1v) is 11.3. The maximum atomic E-state index is 14.7. The summed E-state index contributed by atoms with van der Waals surface area (Å²) < 4.78 is 19.8. The van der Waals surface area contributed by atoms with E-state index in [0.717, 1.165) is 22.7 Å². The lowest BCUT2D eigenvalue weighted by Gasteiger charge is -2.55. The Bertz CT molecular complexity index is 1240. The van der Waals surface area contributed by atoms with Gasteiger partial charge in [-0.15, -0.1) is 0 Å². The first-order chi connectivity index (χ1) is 15.9. The lowest BCUT2D eigenvalue weighted by molar-refractivity contribution is -0.151. The number of carbonyl (C=O) groups excluding carboxylic acids is 1. The highest BCUT2D eigenvalue weighted by atomic mass is 19.1. The van der Waals surface area contributed by atoms with Crippen molar-refractivity contribution in [2.24, 2.45) is 0 Å². The number of benzene rings is 1. The van der Waals surface area contributed by atoms with Gasteiger partial charge >= 0.3 is 0 Å². The number of amides is 1. The van der Waals surface area contributed by atoms with Gasteiger partial charge in [-0.25, -0.2) is 9.37 Å². The van der Waals surface area contributed by atoms with Crippen molar-refractivity contribution < 1.29 is 19.0 Å². The minimum Gasteiger partial charge on any atom is -0.508 e. The van der Waals surface area contributed by atoms with Crippen molar-refractivity contribution in [1.82, 2.24) is 25.0 Å². The fraction of sp³-hybridized carbons (Fsp3) is 0.480. The molecule has 3 aromatic rings. The molecule has 9 heteroatoms. The molecule has 4 rings (SSSR count). The normalized spacial score (nSPS) is 17.9. The Labute approximate surface area is 198 Å². The van der Waals surface area contributed by atoms with Gasteiger partial charge in [0.2, 0.25) is 5.91 Å². The minimum atomic E-state index is -0.541. The number of phenols is 1. The summed E-state index contributed by atoms with van der Waals surface area (Å²) in [5.41, 5.74) is 2.45. The Kier molecular flexibility index (Phi) is 6.12. The second-order valence-corrected chi connectivity index (χ2v) is 10.3. The van der Waals surface area contributed by atoms with E-state index in [4.69, 9.17) is 4.74 Å². The summed E-state index contributed by atoms with van der Waals surface area (Å²) in [6.45, 7) is 12.1. The van der Waals surface area contributed by atoms with Crippen molar-refractivity contribution in [3.63, 3.8) is 0 Å². The molecule has 8 nitrogen and oxygen atoms in total. The summed E-state index contributed by atoms with van der Waals surface area (Å²) in [5.74, 6) is -0.701. The topological polar surface area (TPSA) is 94.6 Å². The molecule has 1 fully saturated rings. The Morgan fingerprint density at radius 1 is 1.21 bits per heavy atom. The van der Waals surface area contributed by atoms with E-state index >= 15 is 0 Å². The van der Waals surface area contributed by atoms with Crippen LogP contribution in [-0.2, 0) is 16.1 Å². The van der Waals surface area contributed by atoms with Crippen LogP contribution in [-0.4, -0.2) is 73.9 Å². The van der Waals surface area contributed by atoms with Gasteiger partial charge in [0.25, 0.3) is 0 Å². The summed E-state index contributed by atoms with van der Waals surface area (Å²) in [6, 6.07) is 5.95. The maximum Gasteiger partial charge on any atom is 0.249 e. The minimum absolute atomic E-state index is 0.0257. The van der Waals surface area contributed by atoms with Gasteiger partial charge in [-0.1, -0.05) is 0 Å². The fourth-order valence-electron chi connectivity index (χ4n) is 4.82. The van der Waals surface area contributed by atoms with Gasteiger partial charge < -0.3 is 14.7 Å². The van der Waals surface area contributed by atoms with Gasteiger partial charge in [-0.3, -0.25) is 14.8 Å². The van der Waals surface area contributed by atoms with Crippen LogP contribution < -0.4 is 0 Å². The second-order valence-electron chi connectivity index (χ2n) is 10.3. The third-order valence-electron chi connectivity index (χ3n) is 6.66. The van der Waals surface area contributed by atoms with Crippen molar-refractivity contribution in [3.8, 4) is 17.0 Å². The summed E-state index contributed by atoms with van der Waals surface area (Å²) in [5, 5.41) is 17.8. The molecule has 1 aliphatic rings. The molecule has 2 aromatic heterocycles.